The zero-order chi connectivity index (χ0) is 24.4. The summed E-state index contributed by atoms with van der Waals surface area (Å²) in [5.74, 6) is 4.17. The fraction of sp³-hybridized carbons (Fsp3) is 0.261. The number of quaternary nitrogens is 1. The number of nitrogens with one attached hydrogen (secondary N) is 2. The van der Waals surface area contributed by atoms with Crippen molar-refractivity contribution in [1.82, 2.24) is 15.6 Å². The van der Waals surface area contributed by atoms with Gasteiger partial charge in [0.05, 0.1) is 24.4 Å². The summed E-state index contributed by atoms with van der Waals surface area (Å²) in [6, 6.07) is 11.3. The first kappa shape index (κ1) is 26.0. The van der Waals surface area contributed by atoms with Gasteiger partial charge in [-0.2, -0.15) is 0 Å². The van der Waals surface area contributed by atoms with E-state index in [9.17, 15) is 14.0 Å². The third kappa shape index (κ3) is 7.98. The van der Waals surface area contributed by atoms with Crippen LogP contribution < -0.4 is 22.2 Å². The number of nitrogens with two attached hydrogens (primary N) is 1. The number of hydrazine groups is 1. The molecule has 0 spiro atoms. The Bertz CT molecular complexity index is 1030. The number of benzene rings is 2. The first-order chi connectivity index (χ1) is 15.7. The molecule has 0 aliphatic rings. The van der Waals surface area contributed by atoms with Gasteiger partial charge in [0.15, 0.2) is 0 Å². The summed E-state index contributed by atoms with van der Waals surface area (Å²) in [7, 11) is 1.63. The lowest BCUT2D eigenvalue weighted by Crippen LogP contribution is -2.56. The monoisotopic (exact) mass is 475 g/mol. The first-order valence-corrected chi connectivity index (χ1v) is 10.7. The standard InChI is InChI=1S/C23H28ClFN6O2/c1-3-15-4-6-16(7-5-15)21(13-28-2)30-23(33)20(26)14-31(27)11-10-29-22(32)18-9-8-17(24)12-19(18)25/h4-9,12-14,21H,3,10-11,26-27H2,1-2H3,(H,29,32)(H,30,33)/p+1/b20-14-,28-13?. The van der Waals surface area contributed by atoms with Crippen LogP contribution in [0.1, 0.15) is 34.5 Å². The van der Waals surface area contributed by atoms with Crippen LogP contribution >= 0.6 is 11.6 Å². The van der Waals surface area contributed by atoms with E-state index in [0.717, 1.165) is 18.1 Å². The van der Waals surface area contributed by atoms with Crippen LogP contribution in [0.15, 0.2) is 59.4 Å². The van der Waals surface area contributed by atoms with Crippen molar-refractivity contribution in [2.45, 2.75) is 19.4 Å². The number of hydrogen-bond acceptors (Lipinski definition) is 5. The van der Waals surface area contributed by atoms with Crippen LogP contribution in [0, 0.1) is 5.82 Å². The zero-order valence-corrected chi connectivity index (χ0v) is 19.4. The van der Waals surface area contributed by atoms with E-state index in [4.69, 9.17) is 17.4 Å². The summed E-state index contributed by atoms with van der Waals surface area (Å²) in [5, 5.41) is 6.85. The summed E-state index contributed by atoms with van der Waals surface area (Å²) >= 11 is 5.69. The molecule has 0 fully saturated rings. The average molecular weight is 476 g/mol. The maximum Gasteiger partial charge on any atom is 0.307 e. The molecule has 0 aliphatic carbocycles. The van der Waals surface area contributed by atoms with Crippen molar-refractivity contribution in [1.29, 1.82) is 0 Å². The van der Waals surface area contributed by atoms with Gasteiger partial charge < -0.3 is 21.4 Å². The summed E-state index contributed by atoms with van der Waals surface area (Å²) < 4.78 is 13.8. The van der Waals surface area contributed by atoms with Crippen LogP contribution in [0.4, 0.5) is 4.39 Å². The Morgan fingerprint density at radius 1 is 1.27 bits per heavy atom. The number of carbonyl (C=O) groups excluding carboxylic acids is 2. The molecular weight excluding hydrogens is 447 g/mol. The third-order valence-corrected chi connectivity index (χ3v) is 5.01. The zero-order valence-electron chi connectivity index (χ0n) is 18.6. The van der Waals surface area contributed by atoms with Gasteiger partial charge >= 0.3 is 5.91 Å². The van der Waals surface area contributed by atoms with E-state index >= 15 is 0 Å². The Kier molecular flexibility index (Phi) is 9.99. The molecule has 33 heavy (non-hydrogen) atoms. The molecule has 8 nitrogen and oxygen atoms in total. The Morgan fingerprint density at radius 2 is 1.97 bits per heavy atom. The van der Waals surface area contributed by atoms with E-state index in [0.29, 0.717) is 0 Å². The summed E-state index contributed by atoms with van der Waals surface area (Å²) in [4.78, 5) is 28.7. The Labute approximate surface area is 197 Å². The van der Waals surface area contributed by atoms with Crippen molar-refractivity contribution in [2.75, 3.05) is 20.1 Å². The van der Waals surface area contributed by atoms with E-state index in [1.165, 1.54) is 28.9 Å². The topological polar surface area (TPSA) is 127 Å². The fourth-order valence-corrected chi connectivity index (χ4v) is 3.10. The maximum atomic E-state index is 13.8. The summed E-state index contributed by atoms with van der Waals surface area (Å²) in [6.07, 6.45) is 3.93. The Balaban J connectivity index is 1.91. The molecule has 1 atom stereocenters. The second-order valence-corrected chi connectivity index (χ2v) is 7.66. The molecule has 2 rings (SSSR count). The van der Waals surface area contributed by atoms with Gasteiger partial charge in [-0.05, 0) is 35.7 Å². The van der Waals surface area contributed by atoms with Gasteiger partial charge in [0.2, 0.25) is 5.70 Å². The minimum Gasteiger partial charge on any atom is -0.350 e. The maximum absolute atomic E-state index is 13.8. The van der Waals surface area contributed by atoms with Gasteiger partial charge in [0.1, 0.15) is 5.82 Å². The van der Waals surface area contributed by atoms with Gasteiger partial charge in [0.25, 0.3) is 5.91 Å². The molecule has 0 aliphatic heterocycles. The van der Waals surface area contributed by atoms with Gasteiger partial charge in [-0.3, -0.25) is 14.6 Å². The SMILES string of the molecule is CCc1ccc(C(C=NC)NC(=O)/C([NH3+])=C/N(N)CCNC(=O)c2ccc(Cl)cc2F)cc1. The Hall–Kier alpha value is -3.27. The second kappa shape index (κ2) is 12.7. The molecule has 7 N–H and O–H groups in total. The van der Waals surface area contributed by atoms with E-state index in [1.54, 1.807) is 13.3 Å². The number of rotatable bonds is 10. The average Bonchev–Trinajstić information content (AvgIpc) is 2.78. The third-order valence-electron chi connectivity index (χ3n) is 4.78. The van der Waals surface area contributed by atoms with Crippen LogP contribution in [0.25, 0.3) is 0 Å². The predicted octanol–water partition coefficient (Wildman–Crippen LogP) is 1.59. The van der Waals surface area contributed by atoms with Crippen molar-refractivity contribution in [3.8, 4) is 0 Å². The highest BCUT2D eigenvalue weighted by Gasteiger charge is 2.17. The van der Waals surface area contributed by atoms with Crippen molar-refractivity contribution in [3.63, 3.8) is 0 Å². The summed E-state index contributed by atoms with van der Waals surface area (Å²) in [5.41, 5.74) is 5.85. The smallest absolute Gasteiger partial charge is 0.307 e. The number of nitrogens with zero attached hydrogens (tertiary/aromatic N) is 2. The van der Waals surface area contributed by atoms with Gasteiger partial charge in [-0.1, -0.05) is 42.8 Å². The number of aryl methyl sites for hydroxylation is 1. The number of amides is 2. The highest BCUT2D eigenvalue weighted by molar-refractivity contribution is 6.30. The number of carbonyl (C=O) groups is 2. The molecule has 1 unspecified atom stereocenters. The minimum absolute atomic E-state index is 0.119. The molecule has 0 saturated carbocycles. The van der Waals surface area contributed by atoms with Crippen molar-refractivity contribution >= 4 is 29.6 Å². The normalized spacial score (nSPS) is 12.5. The van der Waals surface area contributed by atoms with E-state index in [2.05, 4.69) is 28.3 Å². The number of halogens is 2. The molecule has 2 amide bonds. The largest absolute Gasteiger partial charge is 0.350 e. The van der Waals surface area contributed by atoms with Gasteiger partial charge in [-0.15, -0.1) is 0 Å². The molecular formula is C23H29ClFN6O2+. The van der Waals surface area contributed by atoms with Gasteiger partial charge in [-0.25, -0.2) is 10.2 Å². The molecule has 2 aromatic rings. The number of aliphatic imine (C=N–C) groups is 1. The van der Waals surface area contributed by atoms with Crippen LogP contribution in [-0.4, -0.2) is 43.2 Å². The van der Waals surface area contributed by atoms with Crippen LogP contribution in [0.5, 0.6) is 0 Å². The van der Waals surface area contributed by atoms with Gasteiger partial charge in [0, 0.05) is 24.8 Å². The van der Waals surface area contributed by atoms with Crippen molar-refractivity contribution in [3.05, 3.63) is 81.9 Å². The molecule has 10 heteroatoms. The highest BCUT2D eigenvalue weighted by Crippen LogP contribution is 2.15. The molecule has 0 bridgehead atoms. The molecule has 2 aromatic carbocycles. The van der Waals surface area contributed by atoms with Crippen LogP contribution in [0.3, 0.4) is 0 Å². The van der Waals surface area contributed by atoms with Crippen molar-refractivity contribution in [2.24, 2.45) is 10.8 Å². The summed E-state index contributed by atoms with van der Waals surface area (Å²) in [6.45, 7) is 2.37. The van der Waals surface area contributed by atoms with Crippen LogP contribution in [-0.2, 0) is 11.2 Å². The van der Waals surface area contributed by atoms with E-state index in [1.807, 2.05) is 24.3 Å². The minimum atomic E-state index is -0.712. The fourth-order valence-electron chi connectivity index (χ4n) is 2.94. The lowest BCUT2D eigenvalue weighted by Gasteiger charge is -2.16. The number of hydrogen-bond donors (Lipinski definition) is 4. The lowest BCUT2D eigenvalue weighted by molar-refractivity contribution is -0.300. The quantitative estimate of drug-likeness (QED) is 0.180. The van der Waals surface area contributed by atoms with E-state index < -0.39 is 23.7 Å². The first-order valence-electron chi connectivity index (χ1n) is 10.4. The molecule has 0 heterocycles. The highest BCUT2D eigenvalue weighted by atomic mass is 35.5. The molecule has 176 valence electrons. The van der Waals surface area contributed by atoms with Crippen molar-refractivity contribution < 1.29 is 19.7 Å². The Morgan fingerprint density at radius 3 is 2.58 bits per heavy atom. The predicted molar refractivity (Wildman–Crippen MR) is 127 cm³/mol. The molecule has 0 aromatic heterocycles. The molecule has 0 radical (unpaired) electrons. The van der Waals surface area contributed by atoms with E-state index in [-0.39, 0.29) is 29.4 Å². The lowest BCUT2D eigenvalue weighted by atomic mass is 10.0. The second-order valence-electron chi connectivity index (χ2n) is 7.23. The van der Waals surface area contributed by atoms with Crippen LogP contribution in [0.2, 0.25) is 5.02 Å². The molecule has 0 saturated heterocycles.